The predicted octanol–water partition coefficient (Wildman–Crippen LogP) is 2.51. The smallest absolute Gasteiger partial charge is 0.0234 e. The van der Waals surface area contributed by atoms with Crippen molar-refractivity contribution < 1.29 is 0 Å². The second kappa shape index (κ2) is 6.79. The maximum atomic E-state index is 3.46. The van der Waals surface area contributed by atoms with Crippen molar-refractivity contribution in [2.75, 3.05) is 19.6 Å². The van der Waals surface area contributed by atoms with Gasteiger partial charge in [-0.3, -0.25) is 4.90 Å². The summed E-state index contributed by atoms with van der Waals surface area (Å²) in [6.07, 6.45) is 0. The lowest BCUT2D eigenvalue weighted by molar-refractivity contribution is 0.199. The number of nitrogens with zero attached hydrogens (tertiary/aromatic N) is 1. The molecule has 1 saturated heterocycles. The third kappa shape index (κ3) is 4.20. The molecule has 0 amide bonds. The summed E-state index contributed by atoms with van der Waals surface area (Å²) in [5.74, 6) is 0. The average Bonchev–Trinajstić information content (AvgIpc) is 2.22. The van der Waals surface area contributed by atoms with Gasteiger partial charge in [0.25, 0.3) is 0 Å². The molecule has 1 unspecified atom stereocenters. The van der Waals surface area contributed by atoms with E-state index in [2.05, 4.69) is 64.0 Å². The Morgan fingerprint density at radius 3 is 2.69 bits per heavy atom. The lowest BCUT2D eigenvalue weighted by atomic mass is 10.2. The van der Waals surface area contributed by atoms with E-state index in [0.29, 0.717) is 6.04 Å². The highest BCUT2D eigenvalue weighted by Crippen LogP contribution is 2.10. The Morgan fingerprint density at radius 2 is 2.06 bits per heavy atom. The Hall–Kier alpha value is 0.160. The fourth-order valence-corrected chi connectivity index (χ4v) is 2.36. The molecule has 16 heavy (non-hydrogen) atoms. The van der Waals surface area contributed by atoms with Crippen LogP contribution in [0.2, 0.25) is 0 Å². The van der Waals surface area contributed by atoms with E-state index in [4.69, 9.17) is 0 Å². The van der Waals surface area contributed by atoms with Gasteiger partial charge < -0.3 is 5.32 Å². The summed E-state index contributed by atoms with van der Waals surface area (Å²) in [5, 5.41) is 3.46. The Labute approximate surface area is 117 Å². The maximum absolute atomic E-state index is 3.46. The van der Waals surface area contributed by atoms with Crippen LogP contribution in [0.3, 0.4) is 0 Å². The second-order valence-electron chi connectivity index (χ2n) is 4.22. The molecule has 2 rings (SSSR count). The van der Waals surface area contributed by atoms with E-state index >= 15 is 0 Å². The van der Waals surface area contributed by atoms with Gasteiger partial charge in [0.15, 0.2) is 0 Å². The molecule has 1 aromatic rings. The molecule has 1 heterocycles. The third-order valence-corrected chi connectivity index (χ3v) is 3.49. The predicted molar refractivity (Wildman–Crippen MR) is 79.1 cm³/mol. The summed E-state index contributed by atoms with van der Waals surface area (Å²) in [6, 6.07) is 9.45. The van der Waals surface area contributed by atoms with Crippen LogP contribution in [0.5, 0.6) is 0 Å². The molecule has 1 aliphatic rings. The lowest BCUT2D eigenvalue weighted by Crippen LogP contribution is -2.48. The van der Waals surface area contributed by atoms with Gasteiger partial charge in [0.2, 0.25) is 0 Å². The van der Waals surface area contributed by atoms with Crippen LogP contribution in [-0.4, -0.2) is 30.6 Å². The molecule has 4 heteroatoms. The number of benzene rings is 1. The molecule has 1 aliphatic heterocycles. The summed E-state index contributed by atoms with van der Waals surface area (Å²) in [5.41, 5.74) is 1.42. The van der Waals surface area contributed by atoms with Gasteiger partial charge in [-0.2, -0.15) is 0 Å². The fraction of sp³-hybridized carbons (Fsp3) is 0.500. The van der Waals surface area contributed by atoms with Crippen LogP contribution in [0.15, 0.2) is 24.3 Å². The van der Waals surface area contributed by atoms with Crippen LogP contribution in [-0.2, 0) is 6.54 Å². The number of rotatable bonds is 2. The van der Waals surface area contributed by atoms with Gasteiger partial charge in [-0.25, -0.2) is 0 Å². The molecule has 0 spiro atoms. The van der Waals surface area contributed by atoms with Crippen LogP contribution in [0.1, 0.15) is 12.5 Å². The first kappa shape index (κ1) is 14.2. The summed E-state index contributed by atoms with van der Waals surface area (Å²) in [7, 11) is 0. The first-order valence-corrected chi connectivity index (χ1v) is 6.52. The summed E-state index contributed by atoms with van der Waals surface area (Å²) < 4.78 is 1.31. The zero-order valence-electron chi connectivity index (χ0n) is 9.45. The normalized spacial score (nSPS) is 21.5. The largest absolute Gasteiger partial charge is 0.312 e. The van der Waals surface area contributed by atoms with Crippen LogP contribution in [0, 0.1) is 3.57 Å². The molecular formula is C12H18ClIN2. The highest BCUT2D eigenvalue weighted by molar-refractivity contribution is 14.1. The topological polar surface area (TPSA) is 15.3 Å². The minimum atomic E-state index is 0. The summed E-state index contributed by atoms with van der Waals surface area (Å²) in [6.45, 7) is 6.77. The molecule has 0 aliphatic carbocycles. The molecule has 0 aromatic heterocycles. The Kier molecular flexibility index (Phi) is 6.03. The number of halogens is 2. The van der Waals surface area contributed by atoms with Gasteiger partial charge in [-0.05, 0) is 47.2 Å². The van der Waals surface area contributed by atoms with Crippen LogP contribution >= 0.6 is 35.0 Å². The molecule has 1 N–H and O–H groups in total. The van der Waals surface area contributed by atoms with E-state index in [1.54, 1.807) is 0 Å². The zero-order chi connectivity index (χ0) is 10.7. The lowest BCUT2D eigenvalue weighted by Gasteiger charge is -2.31. The van der Waals surface area contributed by atoms with Gasteiger partial charge in [0.1, 0.15) is 0 Å². The van der Waals surface area contributed by atoms with Crippen molar-refractivity contribution in [2.45, 2.75) is 19.5 Å². The van der Waals surface area contributed by atoms with E-state index in [0.717, 1.165) is 26.2 Å². The molecular weight excluding hydrogens is 335 g/mol. The summed E-state index contributed by atoms with van der Waals surface area (Å²) in [4.78, 5) is 2.52. The van der Waals surface area contributed by atoms with Gasteiger partial charge in [0.05, 0.1) is 0 Å². The van der Waals surface area contributed by atoms with Crippen molar-refractivity contribution in [2.24, 2.45) is 0 Å². The standard InChI is InChI=1S/C12H17IN2.ClH/c1-10-8-15(7-6-14-10)9-11-2-4-12(13)5-3-11;/h2-5,10,14H,6-9H2,1H3;1H. The molecule has 1 fully saturated rings. The molecule has 0 saturated carbocycles. The van der Waals surface area contributed by atoms with E-state index < -0.39 is 0 Å². The number of nitrogens with one attached hydrogen (secondary N) is 1. The van der Waals surface area contributed by atoms with Crippen LogP contribution < -0.4 is 5.32 Å². The molecule has 1 atom stereocenters. The van der Waals surface area contributed by atoms with E-state index in [1.807, 2.05) is 0 Å². The van der Waals surface area contributed by atoms with E-state index in [-0.39, 0.29) is 12.4 Å². The van der Waals surface area contributed by atoms with Crippen LogP contribution in [0.4, 0.5) is 0 Å². The van der Waals surface area contributed by atoms with Crippen molar-refractivity contribution in [3.05, 3.63) is 33.4 Å². The molecule has 2 nitrogen and oxygen atoms in total. The second-order valence-corrected chi connectivity index (χ2v) is 5.46. The van der Waals surface area contributed by atoms with Crippen molar-refractivity contribution in [3.63, 3.8) is 0 Å². The number of hydrogen-bond donors (Lipinski definition) is 1. The molecule has 90 valence electrons. The monoisotopic (exact) mass is 352 g/mol. The fourth-order valence-electron chi connectivity index (χ4n) is 2.00. The van der Waals surface area contributed by atoms with Crippen molar-refractivity contribution in [3.8, 4) is 0 Å². The minimum Gasteiger partial charge on any atom is -0.312 e. The molecule has 0 bridgehead atoms. The first-order chi connectivity index (χ1) is 7.24. The van der Waals surface area contributed by atoms with Crippen molar-refractivity contribution in [1.29, 1.82) is 0 Å². The van der Waals surface area contributed by atoms with Crippen LogP contribution in [0.25, 0.3) is 0 Å². The third-order valence-electron chi connectivity index (χ3n) is 2.77. The Bertz CT molecular complexity index is 315. The van der Waals surface area contributed by atoms with Gasteiger partial charge in [0, 0.05) is 35.8 Å². The Balaban J connectivity index is 0.00000128. The van der Waals surface area contributed by atoms with Gasteiger partial charge in [-0.15, -0.1) is 12.4 Å². The zero-order valence-corrected chi connectivity index (χ0v) is 12.4. The van der Waals surface area contributed by atoms with Crippen molar-refractivity contribution >= 4 is 35.0 Å². The summed E-state index contributed by atoms with van der Waals surface area (Å²) >= 11 is 2.35. The van der Waals surface area contributed by atoms with Gasteiger partial charge >= 0.3 is 0 Å². The highest BCUT2D eigenvalue weighted by Gasteiger charge is 2.15. The number of hydrogen-bond acceptors (Lipinski definition) is 2. The first-order valence-electron chi connectivity index (χ1n) is 5.44. The van der Waals surface area contributed by atoms with E-state index in [1.165, 1.54) is 9.13 Å². The average molecular weight is 353 g/mol. The van der Waals surface area contributed by atoms with Gasteiger partial charge in [-0.1, -0.05) is 12.1 Å². The quantitative estimate of drug-likeness (QED) is 0.823. The number of piperazine rings is 1. The van der Waals surface area contributed by atoms with Crippen molar-refractivity contribution in [1.82, 2.24) is 10.2 Å². The molecule has 0 radical (unpaired) electrons. The minimum absolute atomic E-state index is 0. The molecule has 1 aromatic carbocycles. The Morgan fingerprint density at radius 1 is 1.38 bits per heavy atom. The van der Waals surface area contributed by atoms with E-state index in [9.17, 15) is 0 Å². The highest BCUT2D eigenvalue weighted by atomic mass is 127. The SMILES string of the molecule is CC1CN(Cc2ccc(I)cc2)CCN1.Cl. The maximum Gasteiger partial charge on any atom is 0.0234 e.